The minimum absolute atomic E-state index is 0.0561. The average Bonchev–Trinajstić information content (AvgIpc) is 2.56. The summed E-state index contributed by atoms with van der Waals surface area (Å²) in [4.78, 5) is 12.0. The Morgan fingerprint density at radius 3 is 2.57 bits per heavy atom. The van der Waals surface area contributed by atoms with Crippen LogP contribution in [0.3, 0.4) is 0 Å². The van der Waals surface area contributed by atoms with Crippen LogP contribution in [0, 0.1) is 0 Å². The lowest BCUT2D eigenvalue weighted by Crippen LogP contribution is -2.20. The van der Waals surface area contributed by atoms with Crippen molar-refractivity contribution < 1.29 is 9.90 Å². The molecule has 122 valence electrons. The number of hydrogen-bond donors (Lipinski definition) is 2. The number of hydrogen-bond acceptors (Lipinski definition) is 2. The lowest BCUT2D eigenvalue weighted by molar-refractivity contribution is 0.0962. The highest BCUT2D eigenvalue weighted by molar-refractivity contribution is 6.42. The summed E-state index contributed by atoms with van der Waals surface area (Å²) < 4.78 is 0. The minimum Gasteiger partial charge on any atom is -0.396 e. The summed E-state index contributed by atoms with van der Waals surface area (Å²) in [7, 11) is 1.61. The predicted octanol–water partition coefficient (Wildman–Crippen LogP) is 4.06. The van der Waals surface area contributed by atoms with E-state index in [0.717, 1.165) is 11.1 Å². The molecule has 0 aliphatic heterocycles. The zero-order valence-electron chi connectivity index (χ0n) is 12.9. The van der Waals surface area contributed by atoms with Crippen LogP contribution in [0.15, 0.2) is 42.5 Å². The van der Waals surface area contributed by atoms with Gasteiger partial charge in [-0.1, -0.05) is 47.5 Å². The van der Waals surface area contributed by atoms with Gasteiger partial charge in [0.25, 0.3) is 5.91 Å². The zero-order chi connectivity index (χ0) is 16.8. The number of aliphatic hydroxyl groups is 1. The monoisotopic (exact) mass is 351 g/mol. The van der Waals surface area contributed by atoms with Gasteiger partial charge < -0.3 is 10.4 Å². The molecule has 2 N–H and O–H groups in total. The topological polar surface area (TPSA) is 49.3 Å². The highest BCUT2D eigenvalue weighted by Gasteiger charge is 2.17. The first kappa shape index (κ1) is 17.8. The van der Waals surface area contributed by atoms with E-state index in [2.05, 4.69) is 5.32 Å². The molecule has 0 aliphatic carbocycles. The van der Waals surface area contributed by atoms with Crippen molar-refractivity contribution in [3.05, 3.63) is 69.2 Å². The SMILES string of the molecule is CNC(=O)c1ccccc1CC(CCO)c1ccc(Cl)c(Cl)c1. The molecule has 0 aliphatic rings. The van der Waals surface area contributed by atoms with Crippen LogP contribution >= 0.6 is 23.2 Å². The van der Waals surface area contributed by atoms with Crippen molar-refractivity contribution in [1.82, 2.24) is 5.32 Å². The third-order valence-electron chi connectivity index (χ3n) is 3.85. The highest BCUT2D eigenvalue weighted by Crippen LogP contribution is 2.30. The fraction of sp³-hybridized carbons (Fsp3) is 0.278. The van der Waals surface area contributed by atoms with Crippen molar-refractivity contribution in [3.63, 3.8) is 0 Å². The largest absolute Gasteiger partial charge is 0.396 e. The van der Waals surface area contributed by atoms with Gasteiger partial charge in [0.2, 0.25) is 0 Å². The quantitative estimate of drug-likeness (QED) is 0.824. The number of nitrogens with one attached hydrogen (secondary N) is 1. The Morgan fingerprint density at radius 1 is 1.17 bits per heavy atom. The van der Waals surface area contributed by atoms with Crippen LogP contribution in [0.4, 0.5) is 0 Å². The standard InChI is InChI=1S/C18H19Cl2NO2/c1-21-18(23)15-5-3-2-4-14(15)10-13(8-9-22)12-6-7-16(19)17(20)11-12/h2-7,11,13,22H,8-10H2,1H3,(H,21,23). The summed E-state index contributed by atoms with van der Waals surface area (Å²) in [6.45, 7) is 0.0626. The van der Waals surface area contributed by atoms with Crippen molar-refractivity contribution in [1.29, 1.82) is 0 Å². The van der Waals surface area contributed by atoms with Gasteiger partial charge >= 0.3 is 0 Å². The van der Waals surface area contributed by atoms with Gasteiger partial charge in [0, 0.05) is 19.2 Å². The second-order valence-corrected chi connectivity index (χ2v) is 6.14. The van der Waals surface area contributed by atoms with E-state index in [1.54, 1.807) is 19.2 Å². The average molecular weight is 352 g/mol. The Kier molecular flexibility index (Phi) is 6.46. The first-order valence-corrected chi connectivity index (χ1v) is 8.18. The Morgan fingerprint density at radius 2 is 1.91 bits per heavy atom. The first-order valence-electron chi connectivity index (χ1n) is 7.42. The number of carbonyl (C=O) groups excluding carboxylic acids is 1. The van der Waals surface area contributed by atoms with E-state index in [0.29, 0.717) is 28.5 Å². The summed E-state index contributed by atoms with van der Waals surface area (Å²) in [5, 5.41) is 13.0. The van der Waals surface area contributed by atoms with Crippen molar-refractivity contribution >= 4 is 29.1 Å². The molecule has 0 spiro atoms. The lowest BCUT2D eigenvalue weighted by Gasteiger charge is -2.19. The molecule has 23 heavy (non-hydrogen) atoms. The molecule has 5 heteroatoms. The van der Waals surface area contributed by atoms with Gasteiger partial charge in [-0.2, -0.15) is 0 Å². The highest BCUT2D eigenvalue weighted by atomic mass is 35.5. The first-order chi connectivity index (χ1) is 11.1. The van der Waals surface area contributed by atoms with Gasteiger partial charge in [0.05, 0.1) is 10.0 Å². The predicted molar refractivity (Wildman–Crippen MR) is 94.4 cm³/mol. The van der Waals surface area contributed by atoms with Crippen LogP contribution in [-0.4, -0.2) is 24.7 Å². The van der Waals surface area contributed by atoms with E-state index in [9.17, 15) is 9.90 Å². The maximum absolute atomic E-state index is 12.0. The fourth-order valence-corrected chi connectivity index (χ4v) is 2.94. The second-order valence-electron chi connectivity index (χ2n) is 5.32. The van der Waals surface area contributed by atoms with E-state index in [4.69, 9.17) is 23.2 Å². The Balaban J connectivity index is 2.33. The molecule has 0 saturated carbocycles. The molecule has 0 fully saturated rings. The Hall–Kier alpha value is -1.55. The van der Waals surface area contributed by atoms with Gasteiger partial charge in [0.1, 0.15) is 0 Å². The Labute approximate surface area is 146 Å². The number of amides is 1. The van der Waals surface area contributed by atoms with Crippen molar-refractivity contribution in [2.24, 2.45) is 0 Å². The zero-order valence-corrected chi connectivity index (χ0v) is 14.4. The van der Waals surface area contributed by atoms with Gasteiger partial charge in [-0.25, -0.2) is 0 Å². The van der Waals surface area contributed by atoms with E-state index >= 15 is 0 Å². The van der Waals surface area contributed by atoms with Gasteiger partial charge in [-0.05, 0) is 48.1 Å². The molecule has 1 unspecified atom stereocenters. The second kappa shape index (κ2) is 8.34. The molecule has 0 bridgehead atoms. The van der Waals surface area contributed by atoms with Crippen LogP contribution in [0.5, 0.6) is 0 Å². The maximum Gasteiger partial charge on any atom is 0.251 e. The summed E-state index contributed by atoms with van der Waals surface area (Å²) in [6, 6.07) is 13.0. The molecule has 3 nitrogen and oxygen atoms in total. The number of carbonyl (C=O) groups is 1. The lowest BCUT2D eigenvalue weighted by atomic mass is 9.87. The Bertz CT molecular complexity index is 688. The summed E-state index contributed by atoms with van der Waals surface area (Å²) >= 11 is 12.1. The molecule has 2 aromatic carbocycles. The van der Waals surface area contributed by atoms with E-state index in [1.807, 2.05) is 30.3 Å². The van der Waals surface area contributed by atoms with Crippen molar-refractivity contribution in [2.45, 2.75) is 18.8 Å². The molecule has 1 amide bonds. The molecule has 0 heterocycles. The van der Waals surface area contributed by atoms with E-state index < -0.39 is 0 Å². The van der Waals surface area contributed by atoms with Crippen LogP contribution in [0.25, 0.3) is 0 Å². The van der Waals surface area contributed by atoms with Gasteiger partial charge in [-0.3, -0.25) is 4.79 Å². The number of halogens is 2. The molecule has 0 radical (unpaired) electrons. The molecule has 0 saturated heterocycles. The number of benzene rings is 2. The molecule has 2 aromatic rings. The van der Waals surface area contributed by atoms with E-state index in [-0.39, 0.29) is 18.4 Å². The third-order valence-corrected chi connectivity index (χ3v) is 4.59. The molecule has 0 aromatic heterocycles. The van der Waals surface area contributed by atoms with Crippen LogP contribution < -0.4 is 5.32 Å². The van der Waals surface area contributed by atoms with E-state index in [1.165, 1.54) is 0 Å². The van der Waals surface area contributed by atoms with Crippen LogP contribution in [-0.2, 0) is 6.42 Å². The minimum atomic E-state index is -0.113. The van der Waals surface area contributed by atoms with Gasteiger partial charge in [-0.15, -0.1) is 0 Å². The van der Waals surface area contributed by atoms with Crippen molar-refractivity contribution in [3.8, 4) is 0 Å². The number of rotatable bonds is 6. The summed E-state index contributed by atoms with van der Waals surface area (Å²) in [5.41, 5.74) is 2.59. The fourth-order valence-electron chi connectivity index (χ4n) is 2.63. The smallest absolute Gasteiger partial charge is 0.251 e. The molecular weight excluding hydrogens is 333 g/mol. The molecular formula is C18H19Cl2NO2. The summed E-state index contributed by atoms with van der Waals surface area (Å²) in [5.74, 6) is -0.0574. The third kappa shape index (κ3) is 4.47. The van der Waals surface area contributed by atoms with Gasteiger partial charge in [0.15, 0.2) is 0 Å². The molecule has 2 rings (SSSR count). The number of aliphatic hydroxyl groups excluding tert-OH is 1. The molecule has 1 atom stereocenters. The van der Waals surface area contributed by atoms with Crippen molar-refractivity contribution in [2.75, 3.05) is 13.7 Å². The van der Waals surface area contributed by atoms with Crippen LogP contribution in [0.2, 0.25) is 10.0 Å². The normalized spacial score (nSPS) is 12.0. The maximum atomic E-state index is 12.0. The summed E-state index contributed by atoms with van der Waals surface area (Å²) in [6.07, 6.45) is 1.22. The van der Waals surface area contributed by atoms with Crippen LogP contribution in [0.1, 0.15) is 33.8 Å².